The zero-order valence-electron chi connectivity index (χ0n) is 23.4. The first kappa shape index (κ1) is 33.6. The van der Waals surface area contributed by atoms with Crippen molar-refractivity contribution < 1.29 is 14.3 Å². The normalized spacial score (nSPS) is 12.9. The summed E-state index contributed by atoms with van der Waals surface area (Å²) >= 11 is 0. The number of nitrogens with two attached hydrogens (primary N) is 1. The fraction of sp³-hybridized carbons (Fsp3) is 0.793. The van der Waals surface area contributed by atoms with E-state index in [9.17, 15) is 9.59 Å². The fourth-order valence-electron chi connectivity index (χ4n) is 3.59. The van der Waals surface area contributed by atoms with Crippen molar-refractivity contribution in [3.63, 3.8) is 0 Å². The van der Waals surface area contributed by atoms with E-state index in [4.69, 9.17) is 10.5 Å². The summed E-state index contributed by atoms with van der Waals surface area (Å²) in [5.74, 6) is -0.167. The molecule has 0 aliphatic heterocycles. The second-order valence-corrected chi connectivity index (χ2v) is 16.5. The lowest BCUT2D eigenvalue weighted by Gasteiger charge is -2.17. The molecule has 1 atom stereocenters. The van der Waals surface area contributed by atoms with Gasteiger partial charge in [-0.05, 0) is 63.8 Å². The highest BCUT2D eigenvalue weighted by Gasteiger charge is 2.17. The van der Waals surface area contributed by atoms with Crippen molar-refractivity contribution in [2.75, 3.05) is 13.2 Å². The molecule has 0 aliphatic rings. The van der Waals surface area contributed by atoms with E-state index in [1.165, 1.54) is 44.9 Å². The maximum Gasteiger partial charge on any atom is 0.322 e. The van der Waals surface area contributed by atoms with Gasteiger partial charge < -0.3 is 15.8 Å². The third-order valence-corrected chi connectivity index (χ3v) is 7.72. The molecule has 0 aromatic heterocycles. The number of ether oxygens (including phenoxy) is 1. The van der Waals surface area contributed by atoms with Gasteiger partial charge in [0.05, 0.1) is 6.61 Å². The predicted octanol–water partition coefficient (Wildman–Crippen LogP) is 7.30. The number of allylic oxidation sites excluding steroid dienone is 4. The lowest BCUT2D eigenvalue weighted by atomic mass is 10.1. The maximum absolute atomic E-state index is 12.0. The summed E-state index contributed by atoms with van der Waals surface area (Å²) in [7, 11) is -1.20. The van der Waals surface area contributed by atoms with Gasteiger partial charge in [-0.25, -0.2) is 0 Å². The van der Waals surface area contributed by atoms with Crippen LogP contribution in [0.1, 0.15) is 103 Å². The van der Waals surface area contributed by atoms with E-state index in [1.807, 2.05) is 0 Å². The summed E-state index contributed by atoms with van der Waals surface area (Å²) in [4.78, 5) is 23.9. The molecule has 0 bridgehead atoms. The molecule has 6 heteroatoms. The van der Waals surface area contributed by atoms with Crippen LogP contribution in [0.25, 0.3) is 0 Å². The molecule has 0 unspecified atom stereocenters. The Morgan fingerprint density at radius 3 is 2.14 bits per heavy atom. The highest BCUT2D eigenvalue weighted by molar-refractivity contribution is 6.76. The molecule has 0 aromatic carbocycles. The average Bonchev–Trinajstić information content (AvgIpc) is 2.80. The van der Waals surface area contributed by atoms with E-state index >= 15 is 0 Å². The number of hydrogen-bond acceptors (Lipinski definition) is 4. The molecule has 5 nitrogen and oxygen atoms in total. The maximum atomic E-state index is 12.0. The second-order valence-electron chi connectivity index (χ2n) is 10.9. The second kappa shape index (κ2) is 23.0. The first-order chi connectivity index (χ1) is 16.8. The molecule has 0 aliphatic carbocycles. The SMILES string of the molecule is CCCCC/C=C/C/C=C/CCCCCCCC(=O)NCCCC[C@H](N)C(=O)OCC[Si](C)(C)C. The van der Waals surface area contributed by atoms with Crippen LogP contribution in [0.5, 0.6) is 0 Å². The Morgan fingerprint density at radius 1 is 0.857 bits per heavy atom. The molecule has 1 amide bonds. The summed E-state index contributed by atoms with van der Waals surface area (Å²) in [6.45, 7) is 10.1. The van der Waals surface area contributed by atoms with Crippen molar-refractivity contribution >= 4 is 20.0 Å². The van der Waals surface area contributed by atoms with Crippen LogP contribution in [0.15, 0.2) is 24.3 Å². The number of amides is 1. The lowest BCUT2D eigenvalue weighted by molar-refractivity contribution is -0.144. The van der Waals surface area contributed by atoms with Crippen molar-refractivity contribution in [1.29, 1.82) is 0 Å². The van der Waals surface area contributed by atoms with Crippen LogP contribution in [0.2, 0.25) is 25.7 Å². The van der Waals surface area contributed by atoms with E-state index in [2.05, 4.69) is 56.2 Å². The van der Waals surface area contributed by atoms with Crippen LogP contribution in [0.3, 0.4) is 0 Å². The third kappa shape index (κ3) is 25.5. The summed E-state index contributed by atoms with van der Waals surface area (Å²) in [6.07, 6.45) is 25.1. The molecule has 0 saturated heterocycles. The minimum Gasteiger partial charge on any atom is -0.465 e. The largest absolute Gasteiger partial charge is 0.465 e. The number of rotatable bonds is 23. The monoisotopic (exact) mass is 508 g/mol. The van der Waals surface area contributed by atoms with E-state index < -0.39 is 14.1 Å². The molecular weight excluding hydrogens is 452 g/mol. The zero-order valence-corrected chi connectivity index (χ0v) is 24.4. The molecule has 35 heavy (non-hydrogen) atoms. The van der Waals surface area contributed by atoms with Crippen LogP contribution in [-0.2, 0) is 14.3 Å². The smallest absolute Gasteiger partial charge is 0.322 e. The van der Waals surface area contributed by atoms with Gasteiger partial charge in [-0.15, -0.1) is 0 Å². The summed E-state index contributed by atoms with van der Waals surface area (Å²) in [5.41, 5.74) is 5.92. The van der Waals surface area contributed by atoms with Crippen LogP contribution >= 0.6 is 0 Å². The van der Waals surface area contributed by atoms with Crippen molar-refractivity contribution in [2.45, 2.75) is 135 Å². The number of carbonyl (C=O) groups is 2. The Kier molecular flexibility index (Phi) is 22.1. The Labute approximate surface area is 217 Å². The topological polar surface area (TPSA) is 81.4 Å². The summed E-state index contributed by atoms with van der Waals surface area (Å²) < 4.78 is 5.29. The van der Waals surface area contributed by atoms with Crippen molar-refractivity contribution in [1.82, 2.24) is 5.32 Å². The molecular formula is C29H56N2O3Si. The molecule has 204 valence electrons. The average molecular weight is 509 g/mol. The first-order valence-electron chi connectivity index (χ1n) is 14.2. The van der Waals surface area contributed by atoms with Crippen LogP contribution in [0.4, 0.5) is 0 Å². The lowest BCUT2D eigenvalue weighted by Crippen LogP contribution is -2.34. The Balaban J connectivity index is 3.49. The van der Waals surface area contributed by atoms with Crippen LogP contribution in [-0.4, -0.2) is 39.1 Å². The predicted molar refractivity (Wildman–Crippen MR) is 153 cm³/mol. The molecule has 0 saturated carbocycles. The first-order valence-corrected chi connectivity index (χ1v) is 18.0. The molecule has 0 radical (unpaired) electrons. The molecule has 0 aromatic rings. The van der Waals surface area contributed by atoms with Gasteiger partial charge in [0.25, 0.3) is 0 Å². The van der Waals surface area contributed by atoms with E-state index in [1.54, 1.807) is 0 Å². The summed E-state index contributed by atoms with van der Waals surface area (Å²) in [6, 6.07) is 0.409. The number of hydrogen-bond donors (Lipinski definition) is 2. The van der Waals surface area contributed by atoms with Crippen molar-refractivity contribution in [3.05, 3.63) is 24.3 Å². The standard InChI is InChI=1S/C29H56N2O3Si/c1-5-6-7-8-9-10-11-12-13-14-15-16-17-18-19-23-28(32)31-24-21-20-22-27(30)29(33)34-25-26-35(2,3)4/h9-10,12-13,27H,5-8,11,14-26,30H2,1-4H3,(H,31,32)/b10-9+,13-12+/t27-/m0/s1. The highest BCUT2D eigenvalue weighted by atomic mass is 28.3. The van der Waals surface area contributed by atoms with Crippen LogP contribution in [0, 0.1) is 0 Å². The van der Waals surface area contributed by atoms with Crippen molar-refractivity contribution in [3.8, 4) is 0 Å². The molecule has 0 rings (SSSR count). The van der Waals surface area contributed by atoms with Gasteiger partial charge in [0.2, 0.25) is 5.91 Å². The van der Waals surface area contributed by atoms with E-state index in [0.29, 0.717) is 26.0 Å². The van der Waals surface area contributed by atoms with E-state index in [0.717, 1.165) is 44.6 Å². The Bertz CT molecular complexity index is 585. The third-order valence-electron chi connectivity index (χ3n) is 6.02. The molecule has 0 heterocycles. The molecule has 0 fully saturated rings. The molecule has 0 spiro atoms. The fourth-order valence-corrected chi connectivity index (χ4v) is 4.30. The quantitative estimate of drug-likeness (QED) is 0.0657. The Morgan fingerprint density at radius 2 is 1.49 bits per heavy atom. The molecule has 3 N–H and O–H groups in total. The van der Waals surface area contributed by atoms with Gasteiger partial charge in [-0.2, -0.15) is 0 Å². The zero-order chi connectivity index (χ0) is 26.2. The van der Waals surface area contributed by atoms with Gasteiger partial charge in [-0.3, -0.25) is 9.59 Å². The Hall–Kier alpha value is -1.40. The van der Waals surface area contributed by atoms with E-state index in [-0.39, 0.29) is 11.9 Å². The highest BCUT2D eigenvalue weighted by Crippen LogP contribution is 2.10. The number of esters is 1. The van der Waals surface area contributed by atoms with Crippen molar-refractivity contribution in [2.24, 2.45) is 5.73 Å². The van der Waals surface area contributed by atoms with Crippen LogP contribution < -0.4 is 11.1 Å². The van der Waals surface area contributed by atoms with Gasteiger partial charge >= 0.3 is 5.97 Å². The van der Waals surface area contributed by atoms with Gasteiger partial charge in [-0.1, -0.05) is 83.0 Å². The minimum absolute atomic E-state index is 0.130. The number of carbonyl (C=O) groups excluding carboxylic acids is 2. The number of unbranched alkanes of at least 4 members (excludes halogenated alkanes) is 9. The van der Waals surface area contributed by atoms with Gasteiger partial charge in [0.1, 0.15) is 6.04 Å². The summed E-state index contributed by atoms with van der Waals surface area (Å²) in [5, 5.41) is 2.98. The van der Waals surface area contributed by atoms with Gasteiger partial charge in [0.15, 0.2) is 0 Å². The number of nitrogens with one attached hydrogen (secondary N) is 1. The minimum atomic E-state index is -1.20. The van der Waals surface area contributed by atoms with Gasteiger partial charge in [0, 0.05) is 21.0 Å².